The zero-order valence-electron chi connectivity index (χ0n) is 16.7. The summed E-state index contributed by atoms with van der Waals surface area (Å²) in [5.41, 5.74) is 1.15. The summed E-state index contributed by atoms with van der Waals surface area (Å²) in [6.07, 6.45) is 1.06. The van der Waals surface area contributed by atoms with Gasteiger partial charge in [0.15, 0.2) is 0 Å². The molecule has 9 heteroatoms. The van der Waals surface area contributed by atoms with E-state index in [1.165, 1.54) is 17.0 Å². The molecule has 1 saturated heterocycles. The highest BCUT2D eigenvalue weighted by Gasteiger charge is 2.40. The predicted octanol–water partition coefficient (Wildman–Crippen LogP) is 2.66. The van der Waals surface area contributed by atoms with Crippen LogP contribution in [0.4, 0.5) is 10.1 Å². The van der Waals surface area contributed by atoms with E-state index in [-0.39, 0.29) is 43.0 Å². The molecule has 4 rings (SSSR count). The Bertz CT molecular complexity index is 1030. The molecule has 2 aromatic rings. The van der Waals surface area contributed by atoms with Gasteiger partial charge in [0.25, 0.3) is 5.91 Å². The standard InChI is InChI=1S/C22H22ClFN4O3/c23-15-3-6-18-17(11-15)21(31)27-22(26-18)8-7-20(30)28(10-9-22)13-19(29)25-12-14-1-4-16(24)5-2-14/h1-6,11,26H,7-10,12-13H2,(H,25,29)(H,27,31). The Morgan fingerprint density at radius 3 is 2.68 bits per heavy atom. The number of amides is 3. The van der Waals surface area contributed by atoms with Gasteiger partial charge in [-0.2, -0.15) is 0 Å². The summed E-state index contributed by atoms with van der Waals surface area (Å²) < 4.78 is 13.0. The maximum Gasteiger partial charge on any atom is 0.255 e. The van der Waals surface area contributed by atoms with Gasteiger partial charge >= 0.3 is 0 Å². The summed E-state index contributed by atoms with van der Waals surface area (Å²) in [7, 11) is 0. The number of hydrogen-bond acceptors (Lipinski definition) is 4. The lowest BCUT2D eigenvalue weighted by Gasteiger charge is -2.40. The van der Waals surface area contributed by atoms with Crippen LogP contribution in [0.1, 0.15) is 35.2 Å². The molecule has 0 aromatic heterocycles. The fourth-order valence-corrected chi connectivity index (χ4v) is 4.06. The summed E-state index contributed by atoms with van der Waals surface area (Å²) in [6, 6.07) is 10.9. The average molecular weight is 445 g/mol. The Balaban J connectivity index is 1.37. The molecule has 3 amide bonds. The smallest absolute Gasteiger partial charge is 0.255 e. The number of nitrogens with zero attached hydrogens (tertiary/aromatic N) is 1. The van der Waals surface area contributed by atoms with E-state index >= 15 is 0 Å². The first-order chi connectivity index (χ1) is 14.8. The maximum atomic E-state index is 13.0. The van der Waals surface area contributed by atoms with Crippen molar-refractivity contribution in [3.05, 3.63) is 64.4 Å². The van der Waals surface area contributed by atoms with Gasteiger partial charge in [0.2, 0.25) is 11.8 Å². The largest absolute Gasteiger partial charge is 0.362 e. The molecule has 2 aromatic carbocycles. The number of benzene rings is 2. The Morgan fingerprint density at radius 1 is 1.13 bits per heavy atom. The van der Waals surface area contributed by atoms with Gasteiger partial charge in [0.05, 0.1) is 12.1 Å². The number of carbonyl (C=O) groups is 3. The molecule has 3 N–H and O–H groups in total. The molecule has 0 aliphatic carbocycles. The van der Waals surface area contributed by atoms with Crippen LogP contribution in [0.25, 0.3) is 0 Å². The molecule has 1 fully saturated rings. The van der Waals surface area contributed by atoms with E-state index in [2.05, 4.69) is 16.0 Å². The van der Waals surface area contributed by atoms with E-state index < -0.39 is 5.66 Å². The zero-order chi connectivity index (χ0) is 22.0. The number of hydrogen-bond donors (Lipinski definition) is 3. The van der Waals surface area contributed by atoms with E-state index in [1.54, 1.807) is 30.3 Å². The van der Waals surface area contributed by atoms with Gasteiger partial charge in [-0.3, -0.25) is 14.4 Å². The number of rotatable bonds is 4. The van der Waals surface area contributed by atoms with Gasteiger partial charge in [0, 0.05) is 36.6 Å². The SMILES string of the molecule is O=C(CN1CCC2(CCC1=O)NC(=O)c1cc(Cl)ccc1N2)NCc1ccc(F)cc1. The van der Waals surface area contributed by atoms with Gasteiger partial charge in [-0.15, -0.1) is 0 Å². The van der Waals surface area contributed by atoms with Crippen molar-refractivity contribution in [2.24, 2.45) is 0 Å². The Labute approximate surface area is 183 Å². The lowest BCUT2D eigenvalue weighted by Crippen LogP contribution is -2.58. The molecule has 7 nitrogen and oxygen atoms in total. The van der Waals surface area contributed by atoms with Crippen molar-refractivity contribution in [1.82, 2.24) is 15.5 Å². The van der Waals surface area contributed by atoms with Crippen LogP contribution in [0.15, 0.2) is 42.5 Å². The summed E-state index contributed by atoms with van der Waals surface area (Å²) in [5, 5.41) is 9.56. The zero-order valence-corrected chi connectivity index (χ0v) is 17.5. The first-order valence-electron chi connectivity index (χ1n) is 10.0. The van der Waals surface area contributed by atoms with Gasteiger partial charge in [-0.05, 0) is 42.3 Å². The van der Waals surface area contributed by atoms with Crippen molar-refractivity contribution in [2.45, 2.75) is 31.5 Å². The maximum absolute atomic E-state index is 13.0. The van der Waals surface area contributed by atoms with E-state index in [0.29, 0.717) is 35.7 Å². The Kier molecular flexibility index (Phi) is 5.82. The van der Waals surface area contributed by atoms with Crippen LogP contribution >= 0.6 is 11.6 Å². The number of carbonyl (C=O) groups excluding carboxylic acids is 3. The average Bonchev–Trinajstić information content (AvgIpc) is 2.88. The molecule has 1 spiro atoms. The number of nitrogens with one attached hydrogen (secondary N) is 3. The molecule has 2 aliphatic rings. The number of halogens is 2. The molecule has 31 heavy (non-hydrogen) atoms. The van der Waals surface area contributed by atoms with Crippen LogP contribution < -0.4 is 16.0 Å². The quantitative estimate of drug-likeness (QED) is 0.676. The molecule has 1 unspecified atom stereocenters. The fraction of sp³-hybridized carbons (Fsp3) is 0.318. The molecule has 0 radical (unpaired) electrons. The van der Waals surface area contributed by atoms with Gasteiger partial charge in [-0.25, -0.2) is 4.39 Å². The van der Waals surface area contributed by atoms with E-state index in [1.807, 2.05) is 0 Å². The first-order valence-corrected chi connectivity index (χ1v) is 10.4. The van der Waals surface area contributed by atoms with Gasteiger partial charge in [-0.1, -0.05) is 23.7 Å². The Morgan fingerprint density at radius 2 is 1.90 bits per heavy atom. The summed E-state index contributed by atoms with van der Waals surface area (Å²) >= 11 is 5.99. The van der Waals surface area contributed by atoms with Crippen LogP contribution in [-0.2, 0) is 16.1 Å². The van der Waals surface area contributed by atoms with Crippen LogP contribution in [0, 0.1) is 5.82 Å². The molecule has 2 aliphatic heterocycles. The molecular weight excluding hydrogens is 423 g/mol. The number of likely N-dealkylation sites (tertiary alicyclic amines) is 1. The van der Waals surface area contributed by atoms with Gasteiger partial charge in [0.1, 0.15) is 11.5 Å². The second-order valence-electron chi connectivity index (χ2n) is 7.82. The monoisotopic (exact) mass is 444 g/mol. The summed E-state index contributed by atoms with van der Waals surface area (Å²) in [6.45, 7) is 0.497. The van der Waals surface area contributed by atoms with Crippen LogP contribution in [0.5, 0.6) is 0 Å². The predicted molar refractivity (Wildman–Crippen MR) is 114 cm³/mol. The molecule has 0 bridgehead atoms. The van der Waals surface area contributed by atoms with Crippen molar-refractivity contribution in [2.75, 3.05) is 18.4 Å². The highest BCUT2D eigenvalue weighted by molar-refractivity contribution is 6.31. The van der Waals surface area contributed by atoms with Crippen LogP contribution in [0.3, 0.4) is 0 Å². The molecule has 1 atom stereocenters. The lowest BCUT2D eigenvalue weighted by atomic mass is 9.95. The highest BCUT2D eigenvalue weighted by Crippen LogP contribution is 2.33. The second kappa shape index (κ2) is 8.55. The number of fused-ring (bicyclic) bond motifs is 1. The van der Waals surface area contributed by atoms with Crippen molar-refractivity contribution < 1.29 is 18.8 Å². The fourth-order valence-electron chi connectivity index (χ4n) is 3.89. The van der Waals surface area contributed by atoms with Crippen LogP contribution in [-0.4, -0.2) is 41.4 Å². The second-order valence-corrected chi connectivity index (χ2v) is 8.26. The summed E-state index contributed by atoms with van der Waals surface area (Å²) in [4.78, 5) is 39.1. The third-order valence-corrected chi connectivity index (χ3v) is 5.85. The van der Waals surface area contributed by atoms with Crippen LogP contribution in [0.2, 0.25) is 5.02 Å². The number of anilines is 1. The van der Waals surface area contributed by atoms with E-state index in [0.717, 1.165) is 5.56 Å². The van der Waals surface area contributed by atoms with E-state index in [4.69, 9.17) is 11.6 Å². The first kappa shape index (κ1) is 21.1. The lowest BCUT2D eigenvalue weighted by molar-refractivity contribution is -0.135. The molecule has 2 heterocycles. The third kappa shape index (κ3) is 4.80. The molecule has 0 saturated carbocycles. The van der Waals surface area contributed by atoms with Crippen molar-refractivity contribution in [3.8, 4) is 0 Å². The summed E-state index contributed by atoms with van der Waals surface area (Å²) in [5.74, 6) is -1.02. The topological polar surface area (TPSA) is 90.5 Å². The molecular formula is C22H22ClFN4O3. The van der Waals surface area contributed by atoms with Crippen molar-refractivity contribution >= 4 is 35.0 Å². The van der Waals surface area contributed by atoms with Gasteiger partial charge < -0.3 is 20.9 Å². The van der Waals surface area contributed by atoms with E-state index in [9.17, 15) is 18.8 Å². The van der Waals surface area contributed by atoms with Crippen molar-refractivity contribution in [1.29, 1.82) is 0 Å². The van der Waals surface area contributed by atoms with Crippen molar-refractivity contribution in [3.63, 3.8) is 0 Å². The minimum Gasteiger partial charge on any atom is -0.362 e. The Hall–Kier alpha value is -3.13. The normalized spacial score (nSPS) is 20.5. The minimum atomic E-state index is -0.757. The molecule has 162 valence electrons. The highest BCUT2D eigenvalue weighted by atomic mass is 35.5. The third-order valence-electron chi connectivity index (χ3n) is 5.62. The minimum absolute atomic E-state index is 0.0732.